The van der Waals surface area contributed by atoms with Crippen LogP contribution in [0.1, 0.15) is 18.9 Å². The van der Waals surface area contributed by atoms with Gasteiger partial charge in [0.15, 0.2) is 5.22 Å². The maximum absolute atomic E-state index is 6.11. The molecular weight excluding hydrogens is 287 g/mol. The van der Waals surface area contributed by atoms with E-state index in [2.05, 4.69) is 22.5 Å². The van der Waals surface area contributed by atoms with Crippen LogP contribution in [0, 0.1) is 0 Å². The highest BCUT2D eigenvalue weighted by Crippen LogP contribution is 2.27. The van der Waals surface area contributed by atoms with E-state index in [1.807, 2.05) is 37.3 Å². The Morgan fingerprint density at radius 1 is 1.56 bits per heavy atom. The van der Waals surface area contributed by atoms with Crippen LogP contribution in [0.4, 0.5) is 0 Å². The lowest BCUT2D eigenvalue weighted by molar-refractivity contribution is 0.256. The lowest BCUT2D eigenvalue weighted by atomic mass is 10.0. The second-order valence-corrected chi connectivity index (χ2v) is 4.45. The van der Waals surface area contributed by atoms with Gasteiger partial charge in [0.2, 0.25) is 0 Å². The summed E-state index contributed by atoms with van der Waals surface area (Å²) in [6, 6.07) is 7.97. The van der Waals surface area contributed by atoms with Crippen molar-refractivity contribution >= 4 is 33.1 Å². The van der Waals surface area contributed by atoms with E-state index < -0.39 is 0 Å². The zero-order valence-electron chi connectivity index (χ0n) is 9.17. The van der Waals surface area contributed by atoms with Crippen LogP contribution in [0.2, 0.25) is 0 Å². The zero-order valence-corrected chi connectivity index (χ0v) is 11.5. The third kappa shape index (κ3) is 3.69. The number of hydrogen-bond acceptors (Lipinski definition) is 1. The molecule has 16 heavy (non-hydrogen) atoms. The molecule has 1 aromatic carbocycles. The first-order chi connectivity index (χ1) is 7.69. The summed E-state index contributed by atoms with van der Waals surface area (Å²) in [5, 5.41) is 0.445. The zero-order chi connectivity index (χ0) is 12.0. The molecule has 0 N–H and O–H groups in total. The summed E-state index contributed by atoms with van der Waals surface area (Å²) < 4.78 is 6.35. The first-order valence-electron chi connectivity index (χ1n) is 5.07. The van der Waals surface area contributed by atoms with Gasteiger partial charge in [-0.3, -0.25) is 0 Å². The van der Waals surface area contributed by atoms with Crippen LogP contribution in [-0.4, -0.2) is 6.61 Å². The van der Waals surface area contributed by atoms with Crippen LogP contribution in [-0.2, 0) is 4.74 Å². The Hall–Kier alpha value is -0.730. The van der Waals surface area contributed by atoms with E-state index in [1.54, 1.807) is 0 Å². The maximum atomic E-state index is 6.11. The summed E-state index contributed by atoms with van der Waals surface area (Å²) in [4.78, 5) is 0. The standard InChI is InChI=1S/C13H14BrClO/c1-3-6-12(13(15)16-4-2)10-7-5-8-11(14)9-10/h3,5,7-9H,1,4,6H2,2H3/b13-12-. The molecule has 0 radical (unpaired) electrons. The van der Waals surface area contributed by atoms with Crippen LogP contribution >= 0.6 is 27.5 Å². The molecule has 0 aliphatic carbocycles. The predicted octanol–water partition coefficient (Wildman–Crippen LogP) is 4.97. The number of allylic oxidation sites excluding steroid dienone is 2. The Bertz CT molecular complexity index is 399. The molecule has 3 heteroatoms. The Balaban J connectivity index is 3.11. The molecule has 0 fully saturated rings. The van der Waals surface area contributed by atoms with Crippen molar-refractivity contribution in [3.05, 3.63) is 52.2 Å². The van der Waals surface area contributed by atoms with Gasteiger partial charge in [-0.25, -0.2) is 0 Å². The van der Waals surface area contributed by atoms with Gasteiger partial charge in [-0.2, -0.15) is 0 Å². The van der Waals surface area contributed by atoms with Crippen molar-refractivity contribution in [2.24, 2.45) is 0 Å². The molecule has 0 amide bonds. The molecule has 0 bridgehead atoms. The molecule has 0 saturated carbocycles. The quantitative estimate of drug-likeness (QED) is 0.551. The van der Waals surface area contributed by atoms with Gasteiger partial charge < -0.3 is 4.74 Å². The van der Waals surface area contributed by atoms with E-state index in [0.29, 0.717) is 18.2 Å². The first kappa shape index (κ1) is 13.3. The largest absolute Gasteiger partial charge is 0.483 e. The monoisotopic (exact) mass is 300 g/mol. The lowest BCUT2D eigenvalue weighted by Gasteiger charge is -2.10. The Labute approximate surface area is 110 Å². The van der Waals surface area contributed by atoms with Gasteiger partial charge >= 0.3 is 0 Å². The minimum Gasteiger partial charge on any atom is -0.483 e. The summed E-state index contributed by atoms with van der Waals surface area (Å²) in [6.07, 6.45) is 2.51. The van der Waals surface area contributed by atoms with Crippen LogP contribution in [0.5, 0.6) is 0 Å². The van der Waals surface area contributed by atoms with Crippen LogP contribution in [0.25, 0.3) is 5.57 Å². The first-order valence-corrected chi connectivity index (χ1v) is 6.24. The molecule has 86 valence electrons. The normalized spacial score (nSPS) is 11.9. The molecule has 1 nitrogen and oxygen atoms in total. The van der Waals surface area contributed by atoms with E-state index in [0.717, 1.165) is 15.6 Å². The van der Waals surface area contributed by atoms with Crippen molar-refractivity contribution in [3.8, 4) is 0 Å². The van der Waals surface area contributed by atoms with Gasteiger partial charge in [0.25, 0.3) is 0 Å². The predicted molar refractivity (Wildman–Crippen MR) is 73.4 cm³/mol. The summed E-state index contributed by atoms with van der Waals surface area (Å²) in [5.74, 6) is 0. The van der Waals surface area contributed by atoms with E-state index >= 15 is 0 Å². The van der Waals surface area contributed by atoms with Crippen molar-refractivity contribution < 1.29 is 4.74 Å². The number of ether oxygens (including phenoxy) is 1. The SMILES string of the molecule is C=CC/C(=C(\Cl)OCC)c1cccc(Br)c1. The molecule has 0 saturated heterocycles. The molecule has 0 heterocycles. The van der Waals surface area contributed by atoms with Gasteiger partial charge in [-0.15, -0.1) is 6.58 Å². The molecule has 1 rings (SSSR count). The second-order valence-electron chi connectivity index (χ2n) is 3.19. The molecule has 0 aliphatic heterocycles. The fraction of sp³-hybridized carbons (Fsp3) is 0.231. The number of rotatable bonds is 5. The topological polar surface area (TPSA) is 9.23 Å². The fourth-order valence-corrected chi connectivity index (χ4v) is 2.04. The van der Waals surface area contributed by atoms with Gasteiger partial charge in [-0.05, 0) is 42.6 Å². The Morgan fingerprint density at radius 3 is 2.88 bits per heavy atom. The molecule has 0 aromatic heterocycles. The number of halogens is 2. The molecule has 0 unspecified atom stereocenters. The summed E-state index contributed by atoms with van der Waals surface area (Å²) in [6.45, 7) is 6.21. The van der Waals surface area contributed by atoms with Gasteiger partial charge in [0, 0.05) is 10.0 Å². The van der Waals surface area contributed by atoms with Crippen molar-refractivity contribution in [1.29, 1.82) is 0 Å². The second kappa shape index (κ2) is 6.77. The average molecular weight is 302 g/mol. The van der Waals surface area contributed by atoms with Crippen molar-refractivity contribution in [2.45, 2.75) is 13.3 Å². The Kier molecular flexibility index (Phi) is 5.64. The van der Waals surface area contributed by atoms with Crippen LogP contribution in [0.15, 0.2) is 46.6 Å². The average Bonchev–Trinajstić information content (AvgIpc) is 2.26. The highest BCUT2D eigenvalue weighted by molar-refractivity contribution is 9.10. The summed E-state index contributed by atoms with van der Waals surface area (Å²) in [5.41, 5.74) is 2.01. The lowest BCUT2D eigenvalue weighted by Crippen LogP contribution is -1.92. The fourth-order valence-electron chi connectivity index (χ4n) is 1.35. The molecule has 0 atom stereocenters. The molecular formula is C13H14BrClO. The third-order valence-corrected chi connectivity index (χ3v) is 2.86. The summed E-state index contributed by atoms with van der Waals surface area (Å²) >= 11 is 9.54. The van der Waals surface area contributed by atoms with Gasteiger partial charge in [0.05, 0.1) is 6.61 Å². The van der Waals surface area contributed by atoms with E-state index in [9.17, 15) is 0 Å². The Morgan fingerprint density at radius 2 is 2.31 bits per heavy atom. The van der Waals surface area contributed by atoms with Crippen molar-refractivity contribution in [1.82, 2.24) is 0 Å². The minimum absolute atomic E-state index is 0.445. The minimum atomic E-state index is 0.445. The highest BCUT2D eigenvalue weighted by atomic mass is 79.9. The molecule has 1 aromatic rings. The molecule has 0 spiro atoms. The van der Waals surface area contributed by atoms with Crippen molar-refractivity contribution in [2.75, 3.05) is 6.61 Å². The van der Waals surface area contributed by atoms with E-state index in [4.69, 9.17) is 16.3 Å². The summed E-state index contributed by atoms with van der Waals surface area (Å²) in [7, 11) is 0. The number of benzene rings is 1. The van der Waals surface area contributed by atoms with Gasteiger partial charge in [0.1, 0.15) is 0 Å². The van der Waals surface area contributed by atoms with Crippen LogP contribution in [0.3, 0.4) is 0 Å². The highest BCUT2D eigenvalue weighted by Gasteiger charge is 2.07. The van der Waals surface area contributed by atoms with Crippen molar-refractivity contribution in [3.63, 3.8) is 0 Å². The smallest absolute Gasteiger partial charge is 0.190 e. The van der Waals surface area contributed by atoms with E-state index in [-0.39, 0.29) is 0 Å². The van der Waals surface area contributed by atoms with E-state index in [1.165, 1.54) is 0 Å². The maximum Gasteiger partial charge on any atom is 0.190 e. The third-order valence-electron chi connectivity index (χ3n) is 2.03. The van der Waals surface area contributed by atoms with Crippen LogP contribution < -0.4 is 0 Å². The number of hydrogen-bond donors (Lipinski definition) is 0. The molecule has 0 aliphatic rings. The van der Waals surface area contributed by atoms with Gasteiger partial charge in [-0.1, -0.05) is 34.1 Å².